The Morgan fingerprint density at radius 3 is 2.60 bits per heavy atom. The first kappa shape index (κ1) is 27.3. The topological polar surface area (TPSA) is 102 Å². The molecule has 6 atom stereocenters. The van der Waals surface area contributed by atoms with Crippen molar-refractivity contribution in [1.29, 1.82) is 0 Å². The van der Waals surface area contributed by atoms with E-state index in [9.17, 15) is 19.8 Å². The monoisotopic (exact) mass is 565 g/mol. The lowest BCUT2D eigenvalue weighted by atomic mass is 9.47. The molecular formula is C31H36ClN3O5. The minimum atomic E-state index is -1.65. The number of ether oxygens (including phenoxy) is 1. The molecule has 2 fully saturated rings. The summed E-state index contributed by atoms with van der Waals surface area (Å²) in [5.74, 6) is -0.821. The number of benzene rings is 2. The van der Waals surface area contributed by atoms with Crippen LogP contribution in [-0.4, -0.2) is 77.5 Å². The molecule has 212 valence electrons. The van der Waals surface area contributed by atoms with Crippen LogP contribution in [0.2, 0.25) is 5.02 Å². The molecule has 0 bridgehead atoms. The highest BCUT2D eigenvalue weighted by molar-refractivity contribution is 6.30. The molecule has 9 heteroatoms. The molecule has 1 unspecified atom stereocenters. The van der Waals surface area contributed by atoms with Gasteiger partial charge in [0, 0.05) is 53.7 Å². The Bertz CT molecular complexity index is 1380. The number of aliphatic hydroxyl groups excluding tert-OH is 1. The van der Waals surface area contributed by atoms with E-state index in [-0.39, 0.29) is 25.1 Å². The van der Waals surface area contributed by atoms with Gasteiger partial charge in [0.25, 0.3) is 5.91 Å². The Balaban J connectivity index is 1.53. The third-order valence-electron chi connectivity index (χ3n) is 9.89. The molecule has 1 saturated carbocycles. The van der Waals surface area contributed by atoms with Crippen LogP contribution in [0, 0.1) is 5.41 Å². The average molecular weight is 566 g/mol. The number of rotatable bonds is 6. The Kier molecular flexibility index (Phi) is 6.53. The number of esters is 1. The van der Waals surface area contributed by atoms with E-state index in [2.05, 4.69) is 40.3 Å². The number of carbonyl (C=O) groups is 2. The fourth-order valence-corrected chi connectivity index (χ4v) is 8.73. The zero-order valence-corrected chi connectivity index (χ0v) is 23.8. The third-order valence-corrected chi connectivity index (χ3v) is 10.1. The molecule has 3 aliphatic heterocycles. The maximum atomic E-state index is 13.3. The molecule has 1 spiro atoms. The van der Waals surface area contributed by atoms with Crippen molar-refractivity contribution in [3.05, 3.63) is 76.3 Å². The van der Waals surface area contributed by atoms with Gasteiger partial charge < -0.3 is 25.2 Å². The van der Waals surface area contributed by atoms with Crippen LogP contribution in [0.5, 0.6) is 0 Å². The van der Waals surface area contributed by atoms with Crippen molar-refractivity contribution in [1.82, 2.24) is 10.2 Å². The molecule has 1 aliphatic carbocycles. The van der Waals surface area contributed by atoms with Crippen LogP contribution in [0.15, 0.2) is 54.6 Å². The number of anilines is 1. The smallest absolute Gasteiger partial charge is 0.303 e. The largest absolute Gasteiger partial charge is 0.458 e. The highest BCUT2D eigenvalue weighted by Gasteiger charge is 2.77. The number of aliphatic hydroxyl groups is 2. The first-order valence-corrected chi connectivity index (χ1v) is 14.3. The van der Waals surface area contributed by atoms with E-state index in [1.54, 1.807) is 24.3 Å². The van der Waals surface area contributed by atoms with Crippen molar-refractivity contribution in [2.75, 3.05) is 31.6 Å². The summed E-state index contributed by atoms with van der Waals surface area (Å²) in [4.78, 5) is 30.5. The number of hydrogen-bond donors (Lipinski definition) is 3. The minimum Gasteiger partial charge on any atom is -0.458 e. The van der Waals surface area contributed by atoms with Gasteiger partial charge in [0.2, 0.25) is 0 Å². The zero-order valence-electron chi connectivity index (χ0n) is 23.1. The molecule has 1 amide bonds. The standard InChI is InChI=1S/C31H36ClN3O5/c1-4-29-12-5-14-35-15-13-30(26(29)35)23-11-6-20(17-36)16-24(23)34(3)27(30)31(39,28(29)40-19(2)37)18-33-25(38)21-7-9-22(32)10-8-21/h5-12,16,26-28,36,39H,4,13-15,17-18H2,1-3H3,(H,33,38)/t26-,27+,28+,29+,30+,31?/m0/s1. The van der Waals surface area contributed by atoms with E-state index in [0.29, 0.717) is 17.0 Å². The molecular weight excluding hydrogens is 530 g/mol. The van der Waals surface area contributed by atoms with Crippen molar-refractivity contribution in [2.45, 2.75) is 62.5 Å². The lowest BCUT2D eigenvalue weighted by Crippen LogP contribution is -2.81. The number of nitrogens with one attached hydrogen (secondary N) is 1. The van der Waals surface area contributed by atoms with Gasteiger partial charge in [-0.05, 0) is 60.8 Å². The summed E-state index contributed by atoms with van der Waals surface area (Å²) in [5.41, 5.74) is 0.461. The van der Waals surface area contributed by atoms with E-state index in [1.807, 2.05) is 19.2 Å². The summed E-state index contributed by atoms with van der Waals surface area (Å²) in [6.07, 6.45) is 4.80. The molecule has 40 heavy (non-hydrogen) atoms. The van der Waals surface area contributed by atoms with E-state index < -0.39 is 34.5 Å². The Morgan fingerprint density at radius 2 is 1.93 bits per heavy atom. The Hall–Kier alpha value is -2.91. The summed E-state index contributed by atoms with van der Waals surface area (Å²) >= 11 is 6.03. The van der Waals surface area contributed by atoms with Gasteiger partial charge in [0.15, 0.2) is 0 Å². The molecule has 8 nitrogen and oxygen atoms in total. The molecule has 2 aromatic carbocycles. The summed E-state index contributed by atoms with van der Waals surface area (Å²) in [7, 11) is 1.95. The van der Waals surface area contributed by atoms with Crippen LogP contribution in [0.25, 0.3) is 0 Å². The molecule has 1 saturated heterocycles. The maximum absolute atomic E-state index is 13.3. The second kappa shape index (κ2) is 9.58. The van der Waals surface area contributed by atoms with Gasteiger partial charge in [-0.2, -0.15) is 0 Å². The lowest BCUT2D eigenvalue weighted by Gasteiger charge is -2.64. The molecule has 0 radical (unpaired) electrons. The van der Waals surface area contributed by atoms with E-state index >= 15 is 0 Å². The lowest BCUT2D eigenvalue weighted by molar-refractivity contribution is -0.216. The van der Waals surface area contributed by atoms with E-state index in [1.165, 1.54) is 6.92 Å². The SMILES string of the molecule is CC[C@]12C=CCN3CC[C@@]4(c5ccc(CO)cc5N(C)[C@H]4C(O)(CNC(=O)c4ccc(Cl)cc4)[C@@H]1OC(C)=O)[C@@H]32. The Labute approximate surface area is 239 Å². The van der Waals surface area contributed by atoms with Crippen molar-refractivity contribution >= 4 is 29.2 Å². The first-order chi connectivity index (χ1) is 19.1. The molecule has 2 aromatic rings. The molecule has 0 aromatic heterocycles. The van der Waals surface area contributed by atoms with Gasteiger partial charge >= 0.3 is 5.97 Å². The third kappa shape index (κ3) is 3.62. The zero-order chi connectivity index (χ0) is 28.4. The van der Waals surface area contributed by atoms with Crippen molar-refractivity contribution < 1.29 is 24.5 Å². The van der Waals surface area contributed by atoms with Gasteiger partial charge in [-0.1, -0.05) is 42.8 Å². The Morgan fingerprint density at radius 1 is 1.18 bits per heavy atom. The fraction of sp³-hybridized carbons (Fsp3) is 0.484. The first-order valence-electron chi connectivity index (χ1n) is 13.9. The predicted molar refractivity (Wildman–Crippen MR) is 152 cm³/mol. The van der Waals surface area contributed by atoms with Gasteiger partial charge in [0.1, 0.15) is 11.7 Å². The van der Waals surface area contributed by atoms with Crippen LogP contribution in [0.4, 0.5) is 5.69 Å². The number of likely N-dealkylation sites (N-methyl/N-ethyl adjacent to an activating group) is 1. The summed E-state index contributed by atoms with van der Waals surface area (Å²) in [5, 5.41) is 26.5. The van der Waals surface area contributed by atoms with Gasteiger partial charge in [-0.3, -0.25) is 14.5 Å². The predicted octanol–water partition coefficient (Wildman–Crippen LogP) is 3.04. The number of carbonyl (C=O) groups excluding carboxylic acids is 2. The average Bonchev–Trinajstić information content (AvgIpc) is 3.46. The van der Waals surface area contributed by atoms with Crippen LogP contribution in [-0.2, 0) is 21.6 Å². The highest BCUT2D eigenvalue weighted by atomic mass is 35.5. The molecule has 3 N–H and O–H groups in total. The molecule has 4 aliphatic rings. The maximum Gasteiger partial charge on any atom is 0.303 e. The van der Waals surface area contributed by atoms with Crippen molar-refractivity contribution in [3.63, 3.8) is 0 Å². The summed E-state index contributed by atoms with van der Waals surface area (Å²) in [6.45, 7) is 4.87. The van der Waals surface area contributed by atoms with Crippen LogP contribution in [0.3, 0.4) is 0 Å². The van der Waals surface area contributed by atoms with Crippen LogP contribution >= 0.6 is 11.6 Å². The fourth-order valence-electron chi connectivity index (χ4n) is 8.61. The highest BCUT2D eigenvalue weighted by Crippen LogP contribution is 2.67. The van der Waals surface area contributed by atoms with E-state index in [0.717, 1.165) is 36.3 Å². The summed E-state index contributed by atoms with van der Waals surface area (Å²) < 4.78 is 6.14. The number of amides is 1. The molecule has 6 rings (SSSR count). The van der Waals surface area contributed by atoms with Crippen LogP contribution in [0.1, 0.15) is 48.2 Å². The van der Waals surface area contributed by atoms with E-state index in [4.69, 9.17) is 16.3 Å². The normalized spacial score (nSPS) is 33.8. The van der Waals surface area contributed by atoms with Crippen molar-refractivity contribution in [3.8, 4) is 0 Å². The van der Waals surface area contributed by atoms with Crippen LogP contribution < -0.4 is 10.2 Å². The number of nitrogens with zero attached hydrogens (tertiary/aromatic N) is 2. The summed E-state index contributed by atoms with van der Waals surface area (Å²) in [6, 6.07) is 12.1. The second-order valence-corrected chi connectivity index (χ2v) is 12.2. The second-order valence-electron chi connectivity index (χ2n) is 11.7. The minimum absolute atomic E-state index is 0.0275. The van der Waals surface area contributed by atoms with Gasteiger partial charge in [0.05, 0.1) is 19.2 Å². The number of fused-ring (bicyclic) bond motifs is 1. The number of hydrogen-bond acceptors (Lipinski definition) is 7. The quantitative estimate of drug-likeness (QED) is 0.365. The number of halogens is 1. The van der Waals surface area contributed by atoms with Gasteiger partial charge in [-0.25, -0.2) is 0 Å². The molecule has 3 heterocycles. The van der Waals surface area contributed by atoms with Gasteiger partial charge in [-0.15, -0.1) is 0 Å². The van der Waals surface area contributed by atoms with Crippen molar-refractivity contribution in [2.24, 2.45) is 5.41 Å².